The van der Waals surface area contributed by atoms with Gasteiger partial charge in [0.1, 0.15) is 0 Å². The van der Waals surface area contributed by atoms with Crippen LogP contribution in [0.15, 0.2) is 30.3 Å². The summed E-state index contributed by atoms with van der Waals surface area (Å²) >= 11 is 0. The van der Waals surface area contributed by atoms with Gasteiger partial charge in [0, 0.05) is 24.3 Å². The molecule has 0 heterocycles. The fourth-order valence-electron chi connectivity index (χ4n) is 1.31. The van der Waals surface area contributed by atoms with Crippen molar-refractivity contribution < 1.29 is 14.7 Å². The Morgan fingerprint density at radius 1 is 1.15 bits per heavy atom. The van der Waals surface area contributed by atoms with Crippen LogP contribution in [0.2, 0.25) is 0 Å². The van der Waals surface area contributed by atoms with Crippen LogP contribution >= 0.6 is 0 Å². The third kappa shape index (κ3) is 6.19. The maximum absolute atomic E-state index is 11.5. The van der Waals surface area contributed by atoms with Gasteiger partial charge in [-0.1, -0.05) is 32.0 Å². The number of benzene rings is 1. The highest BCUT2D eigenvalue weighted by molar-refractivity contribution is 5.92. The monoisotopic (exact) mass is 279 g/mol. The minimum Gasteiger partial charge on any atom is -0.396 e. The standard InChI is InChI=1S/C14H21N3O3/c1-14(2,10-18)9-16-12(19)8-15-13(20)17-11-6-4-3-5-7-11/h3-7,18H,8-10H2,1-2H3,(H,16,19)(H2,15,17,20). The van der Waals surface area contributed by atoms with E-state index in [-0.39, 0.29) is 24.5 Å². The van der Waals surface area contributed by atoms with E-state index in [0.717, 1.165) is 0 Å². The number of carbonyl (C=O) groups excluding carboxylic acids is 2. The molecule has 0 aromatic heterocycles. The molecule has 0 aliphatic carbocycles. The molecule has 3 amide bonds. The molecular formula is C14H21N3O3. The van der Waals surface area contributed by atoms with Crippen molar-refractivity contribution in [3.05, 3.63) is 30.3 Å². The summed E-state index contributed by atoms with van der Waals surface area (Å²) in [6.07, 6.45) is 0. The van der Waals surface area contributed by atoms with Gasteiger partial charge in [0.2, 0.25) is 5.91 Å². The topological polar surface area (TPSA) is 90.5 Å². The van der Waals surface area contributed by atoms with E-state index >= 15 is 0 Å². The van der Waals surface area contributed by atoms with Crippen molar-refractivity contribution in [1.29, 1.82) is 0 Å². The molecule has 6 nitrogen and oxygen atoms in total. The van der Waals surface area contributed by atoms with E-state index in [4.69, 9.17) is 5.11 Å². The van der Waals surface area contributed by atoms with Crippen LogP contribution in [-0.4, -0.2) is 36.7 Å². The average Bonchev–Trinajstić information content (AvgIpc) is 2.44. The van der Waals surface area contributed by atoms with E-state index in [1.165, 1.54) is 0 Å². The Balaban J connectivity index is 2.26. The largest absolute Gasteiger partial charge is 0.396 e. The lowest BCUT2D eigenvalue weighted by atomic mass is 9.95. The van der Waals surface area contributed by atoms with Gasteiger partial charge in [-0.15, -0.1) is 0 Å². The van der Waals surface area contributed by atoms with Gasteiger partial charge >= 0.3 is 6.03 Å². The highest BCUT2D eigenvalue weighted by Gasteiger charge is 2.17. The molecule has 4 N–H and O–H groups in total. The lowest BCUT2D eigenvalue weighted by Crippen LogP contribution is -2.42. The Hall–Kier alpha value is -2.08. The fraction of sp³-hybridized carbons (Fsp3) is 0.429. The van der Waals surface area contributed by atoms with Crippen molar-refractivity contribution in [3.8, 4) is 0 Å². The number of para-hydroxylation sites is 1. The normalized spacial score (nSPS) is 10.8. The van der Waals surface area contributed by atoms with Crippen molar-refractivity contribution in [2.24, 2.45) is 5.41 Å². The van der Waals surface area contributed by atoms with Crippen molar-refractivity contribution >= 4 is 17.6 Å². The number of anilines is 1. The second-order valence-corrected chi connectivity index (χ2v) is 5.27. The van der Waals surface area contributed by atoms with E-state index < -0.39 is 6.03 Å². The summed E-state index contributed by atoms with van der Waals surface area (Å²) in [4.78, 5) is 23.1. The predicted molar refractivity (Wildman–Crippen MR) is 77.3 cm³/mol. The summed E-state index contributed by atoms with van der Waals surface area (Å²) in [6.45, 7) is 3.89. The van der Waals surface area contributed by atoms with Crippen LogP contribution in [0.3, 0.4) is 0 Å². The maximum atomic E-state index is 11.5. The van der Waals surface area contributed by atoms with Crippen LogP contribution in [0, 0.1) is 5.41 Å². The van der Waals surface area contributed by atoms with Crippen LogP contribution in [0.1, 0.15) is 13.8 Å². The summed E-state index contributed by atoms with van der Waals surface area (Å²) < 4.78 is 0. The molecule has 1 aromatic rings. The Morgan fingerprint density at radius 3 is 2.40 bits per heavy atom. The fourth-order valence-corrected chi connectivity index (χ4v) is 1.31. The minimum absolute atomic E-state index is 0.0186. The van der Waals surface area contributed by atoms with Gasteiger partial charge in [-0.05, 0) is 12.1 Å². The number of carbonyl (C=O) groups is 2. The molecule has 0 fully saturated rings. The van der Waals surface area contributed by atoms with Crippen LogP contribution in [0.25, 0.3) is 0 Å². The van der Waals surface area contributed by atoms with E-state index in [2.05, 4.69) is 16.0 Å². The molecule has 0 spiro atoms. The molecule has 0 aliphatic heterocycles. The number of rotatable bonds is 6. The van der Waals surface area contributed by atoms with Gasteiger partial charge in [0.05, 0.1) is 6.54 Å². The van der Waals surface area contributed by atoms with E-state index in [9.17, 15) is 9.59 Å². The molecule has 0 aliphatic rings. The average molecular weight is 279 g/mol. The van der Waals surface area contributed by atoms with Gasteiger partial charge in [-0.25, -0.2) is 4.79 Å². The summed E-state index contributed by atoms with van der Waals surface area (Å²) in [5, 5.41) is 16.8. The first-order valence-electron chi connectivity index (χ1n) is 6.40. The number of hydrogen-bond acceptors (Lipinski definition) is 3. The Labute approximate surface area is 118 Å². The molecule has 1 rings (SSSR count). The second-order valence-electron chi connectivity index (χ2n) is 5.27. The molecule has 0 saturated carbocycles. The van der Waals surface area contributed by atoms with Gasteiger partial charge in [0.25, 0.3) is 0 Å². The molecule has 0 unspecified atom stereocenters. The molecule has 110 valence electrons. The molecule has 20 heavy (non-hydrogen) atoms. The van der Waals surface area contributed by atoms with Crippen molar-refractivity contribution in [1.82, 2.24) is 10.6 Å². The SMILES string of the molecule is CC(C)(CO)CNC(=O)CNC(=O)Nc1ccccc1. The van der Waals surface area contributed by atoms with Crippen LogP contribution in [0.5, 0.6) is 0 Å². The number of hydrogen-bond donors (Lipinski definition) is 4. The second kappa shape index (κ2) is 7.49. The quantitative estimate of drug-likeness (QED) is 0.624. The molecule has 0 saturated heterocycles. The summed E-state index contributed by atoms with van der Waals surface area (Å²) in [7, 11) is 0. The highest BCUT2D eigenvalue weighted by Crippen LogP contribution is 2.10. The van der Waals surface area contributed by atoms with Gasteiger partial charge in [0.15, 0.2) is 0 Å². The first kappa shape index (κ1) is 16.0. The van der Waals surface area contributed by atoms with Crippen molar-refractivity contribution in [3.63, 3.8) is 0 Å². The maximum Gasteiger partial charge on any atom is 0.319 e. The number of urea groups is 1. The third-order valence-electron chi connectivity index (χ3n) is 2.63. The van der Waals surface area contributed by atoms with Crippen LogP contribution in [0.4, 0.5) is 10.5 Å². The Bertz CT molecular complexity index is 446. The first-order chi connectivity index (χ1) is 9.43. The molecule has 0 bridgehead atoms. The first-order valence-corrected chi connectivity index (χ1v) is 6.40. The van der Waals surface area contributed by atoms with Gasteiger partial charge in [-0.3, -0.25) is 4.79 Å². The number of amides is 3. The molecular weight excluding hydrogens is 258 g/mol. The van der Waals surface area contributed by atoms with E-state index in [1.807, 2.05) is 19.9 Å². The molecule has 0 radical (unpaired) electrons. The van der Waals surface area contributed by atoms with Crippen LogP contribution < -0.4 is 16.0 Å². The zero-order chi connectivity index (χ0) is 15.0. The summed E-state index contributed by atoms with van der Waals surface area (Å²) in [5.74, 6) is -0.297. The lowest BCUT2D eigenvalue weighted by Gasteiger charge is -2.21. The highest BCUT2D eigenvalue weighted by atomic mass is 16.3. The smallest absolute Gasteiger partial charge is 0.319 e. The van der Waals surface area contributed by atoms with Crippen LogP contribution in [-0.2, 0) is 4.79 Å². The Morgan fingerprint density at radius 2 is 1.80 bits per heavy atom. The number of aliphatic hydroxyl groups excluding tert-OH is 1. The lowest BCUT2D eigenvalue weighted by molar-refractivity contribution is -0.120. The van der Waals surface area contributed by atoms with E-state index in [1.54, 1.807) is 24.3 Å². The zero-order valence-corrected chi connectivity index (χ0v) is 11.8. The zero-order valence-electron chi connectivity index (χ0n) is 11.8. The summed E-state index contributed by atoms with van der Waals surface area (Å²) in [5.41, 5.74) is 0.286. The minimum atomic E-state index is -0.437. The predicted octanol–water partition coefficient (Wildman–Crippen LogP) is 0.943. The van der Waals surface area contributed by atoms with Gasteiger partial charge in [-0.2, -0.15) is 0 Å². The van der Waals surface area contributed by atoms with Crippen molar-refractivity contribution in [2.75, 3.05) is 25.0 Å². The van der Waals surface area contributed by atoms with Crippen molar-refractivity contribution in [2.45, 2.75) is 13.8 Å². The molecule has 1 aromatic carbocycles. The number of nitrogens with one attached hydrogen (secondary N) is 3. The summed E-state index contributed by atoms with van der Waals surface area (Å²) in [6, 6.07) is 8.53. The Kier molecular flexibility index (Phi) is 5.99. The van der Waals surface area contributed by atoms with Gasteiger partial charge < -0.3 is 21.1 Å². The molecule has 0 atom stereocenters. The van der Waals surface area contributed by atoms with E-state index in [0.29, 0.717) is 12.2 Å². The third-order valence-corrected chi connectivity index (χ3v) is 2.63. The number of aliphatic hydroxyl groups is 1. The molecule has 6 heteroatoms.